The number of fused-ring (bicyclic) bond motifs is 1. The lowest BCUT2D eigenvalue weighted by Crippen LogP contribution is -2.54. The van der Waals surface area contributed by atoms with Crippen LogP contribution >= 0.6 is 22.9 Å². The number of imide groups is 1. The number of amides is 4. The molecule has 1 unspecified atom stereocenters. The Balaban J connectivity index is 1.67. The van der Waals surface area contributed by atoms with E-state index in [1.165, 1.54) is 11.3 Å². The van der Waals surface area contributed by atoms with Crippen LogP contribution in [0.5, 0.6) is 5.75 Å². The Hall–Kier alpha value is -2.58. The second kappa shape index (κ2) is 6.54. The van der Waals surface area contributed by atoms with Crippen molar-refractivity contribution in [2.24, 2.45) is 0 Å². The maximum atomic E-state index is 13.0. The van der Waals surface area contributed by atoms with Crippen LogP contribution in [0.2, 0.25) is 4.34 Å². The number of carbonyl (C=O) groups is 3. The van der Waals surface area contributed by atoms with Crippen LogP contribution in [-0.4, -0.2) is 42.9 Å². The molecule has 1 aromatic heterocycles. The summed E-state index contributed by atoms with van der Waals surface area (Å²) in [5.74, 6) is 0.0244. The van der Waals surface area contributed by atoms with Gasteiger partial charge in [-0.25, -0.2) is 4.79 Å². The fourth-order valence-corrected chi connectivity index (χ4v) is 4.65. The van der Waals surface area contributed by atoms with Crippen LogP contribution in [0.4, 0.5) is 4.79 Å². The number of hydrogen-bond acceptors (Lipinski definition) is 5. The first-order valence-electron chi connectivity index (χ1n) is 8.28. The first-order chi connectivity index (χ1) is 12.9. The van der Waals surface area contributed by atoms with Crippen LogP contribution in [0.15, 0.2) is 30.3 Å². The standard InChI is InChI=1S/C18H16ClN3O4S/c1-26-11-2-3-12-10(8-11)6-7-22(15(12)23)9-18(13-4-5-14(19)27-13)16(24)20-17(25)21-18/h2-5,8H,6-7,9H2,1H3,(H2,20,21,24,25). The Bertz CT molecular complexity index is 960. The van der Waals surface area contributed by atoms with Crippen molar-refractivity contribution in [1.29, 1.82) is 0 Å². The number of nitrogens with one attached hydrogen (secondary N) is 2. The van der Waals surface area contributed by atoms with Crippen molar-refractivity contribution in [2.75, 3.05) is 20.2 Å². The van der Waals surface area contributed by atoms with Crippen LogP contribution in [0.25, 0.3) is 0 Å². The van der Waals surface area contributed by atoms with Gasteiger partial charge in [-0.1, -0.05) is 11.6 Å². The number of nitrogens with zero attached hydrogens (tertiary/aromatic N) is 1. The van der Waals surface area contributed by atoms with Crippen molar-refractivity contribution >= 4 is 40.8 Å². The minimum absolute atomic E-state index is 0.0335. The molecule has 3 heterocycles. The molecule has 4 rings (SSSR count). The predicted octanol–water partition coefficient (Wildman–Crippen LogP) is 2.14. The van der Waals surface area contributed by atoms with Gasteiger partial charge in [-0.3, -0.25) is 14.9 Å². The number of rotatable bonds is 4. The maximum absolute atomic E-state index is 13.0. The number of hydrogen-bond donors (Lipinski definition) is 2. The van der Waals surface area contributed by atoms with Crippen molar-refractivity contribution in [2.45, 2.75) is 12.0 Å². The quantitative estimate of drug-likeness (QED) is 0.763. The van der Waals surface area contributed by atoms with Gasteiger partial charge in [-0.2, -0.15) is 0 Å². The molecule has 1 aromatic carbocycles. The first-order valence-corrected chi connectivity index (χ1v) is 9.48. The minimum atomic E-state index is -1.34. The molecule has 7 nitrogen and oxygen atoms in total. The average molecular weight is 406 g/mol. The zero-order valence-corrected chi connectivity index (χ0v) is 15.9. The van der Waals surface area contributed by atoms with Crippen LogP contribution in [0.1, 0.15) is 20.8 Å². The molecule has 0 bridgehead atoms. The first kappa shape index (κ1) is 17.8. The Morgan fingerprint density at radius 3 is 2.70 bits per heavy atom. The molecule has 2 aliphatic rings. The van der Waals surface area contributed by atoms with E-state index in [1.54, 1.807) is 36.3 Å². The molecule has 0 saturated carbocycles. The Kier molecular flexibility index (Phi) is 4.32. The smallest absolute Gasteiger partial charge is 0.322 e. The lowest BCUT2D eigenvalue weighted by Gasteiger charge is -2.35. The van der Waals surface area contributed by atoms with E-state index < -0.39 is 17.5 Å². The van der Waals surface area contributed by atoms with Crippen molar-refractivity contribution < 1.29 is 19.1 Å². The van der Waals surface area contributed by atoms with E-state index in [9.17, 15) is 14.4 Å². The zero-order chi connectivity index (χ0) is 19.2. The van der Waals surface area contributed by atoms with Gasteiger partial charge in [0.25, 0.3) is 11.8 Å². The van der Waals surface area contributed by atoms with E-state index in [4.69, 9.17) is 16.3 Å². The fraction of sp³-hybridized carbons (Fsp3) is 0.278. The summed E-state index contributed by atoms with van der Waals surface area (Å²) < 4.78 is 5.72. The number of benzene rings is 1. The molecule has 27 heavy (non-hydrogen) atoms. The number of methoxy groups -OCH3 is 1. The third-order valence-corrected chi connectivity index (χ3v) is 6.24. The lowest BCUT2D eigenvalue weighted by atomic mass is 9.93. The van der Waals surface area contributed by atoms with Gasteiger partial charge in [0.2, 0.25) is 0 Å². The Morgan fingerprint density at radius 2 is 2.07 bits per heavy atom. The SMILES string of the molecule is COc1ccc2c(c1)CCN(CC1(c3ccc(Cl)s3)NC(=O)NC1=O)C2=O. The molecule has 2 aliphatic heterocycles. The second-order valence-corrected chi connectivity index (χ2v) is 8.13. The van der Waals surface area contributed by atoms with Gasteiger partial charge in [-0.05, 0) is 42.3 Å². The summed E-state index contributed by atoms with van der Waals surface area (Å²) in [6, 6.07) is 8.10. The lowest BCUT2D eigenvalue weighted by molar-refractivity contribution is -0.124. The molecule has 9 heteroatoms. The molecule has 4 amide bonds. The summed E-state index contributed by atoms with van der Waals surface area (Å²) in [7, 11) is 1.58. The Labute approximate surface area is 164 Å². The van der Waals surface area contributed by atoms with Crippen LogP contribution in [0, 0.1) is 0 Å². The molecule has 140 valence electrons. The van der Waals surface area contributed by atoms with Crippen molar-refractivity contribution in [3.8, 4) is 5.75 Å². The van der Waals surface area contributed by atoms with Gasteiger partial charge in [0.1, 0.15) is 5.75 Å². The molecule has 2 aromatic rings. The molecule has 2 N–H and O–H groups in total. The highest BCUT2D eigenvalue weighted by Crippen LogP contribution is 2.35. The van der Waals surface area contributed by atoms with Gasteiger partial charge in [0, 0.05) is 17.0 Å². The summed E-state index contributed by atoms with van der Waals surface area (Å²) in [6.45, 7) is 0.467. The molecular formula is C18H16ClN3O4S. The molecule has 0 radical (unpaired) electrons. The van der Waals surface area contributed by atoms with Gasteiger partial charge in [-0.15, -0.1) is 11.3 Å². The largest absolute Gasteiger partial charge is 0.497 e. The van der Waals surface area contributed by atoms with Crippen molar-refractivity contribution in [3.63, 3.8) is 0 Å². The number of carbonyl (C=O) groups excluding carboxylic acids is 3. The molecule has 1 fully saturated rings. The van der Waals surface area contributed by atoms with Crippen LogP contribution < -0.4 is 15.4 Å². The highest BCUT2D eigenvalue weighted by atomic mass is 35.5. The van der Waals surface area contributed by atoms with E-state index in [0.717, 1.165) is 5.56 Å². The summed E-state index contributed by atoms with van der Waals surface area (Å²) >= 11 is 7.24. The van der Waals surface area contributed by atoms with E-state index in [2.05, 4.69) is 10.6 Å². The van der Waals surface area contributed by atoms with Crippen molar-refractivity contribution in [3.05, 3.63) is 50.7 Å². The van der Waals surface area contributed by atoms with Gasteiger partial charge >= 0.3 is 6.03 Å². The number of thiophene rings is 1. The van der Waals surface area contributed by atoms with E-state index in [1.807, 2.05) is 6.07 Å². The zero-order valence-electron chi connectivity index (χ0n) is 14.4. The average Bonchev–Trinajstić information content (AvgIpc) is 3.20. The third kappa shape index (κ3) is 2.94. The summed E-state index contributed by atoms with van der Waals surface area (Å²) in [5.41, 5.74) is 0.143. The van der Waals surface area contributed by atoms with Crippen LogP contribution in [-0.2, 0) is 16.8 Å². The van der Waals surface area contributed by atoms with Crippen molar-refractivity contribution in [1.82, 2.24) is 15.5 Å². The number of halogens is 1. The molecule has 0 spiro atoms. The normalized spacial score (nSPS) is 21.7. The fourth-order valence-electron chi connectivity index (χ4n) is 3.48. The molecule has 1 saturated heterocycles. The Morgan fingerprint density at radius 1 is 1.26 bits per heavy atom. The second-order valence-electron chi connectivity index (χ2n) is 6.42. The van der Waals surface area contributed by atoms with E-state index in [0.29, 0.717) is 33.5 Å². The summed E-state index contributed by atoms with van der Waals surface area (Å²) in [4.78, 5) is 39.7. The van der Waals surface area contributed by atoms with Gasteiger partial charge in [0.05, 0.1) is 18.0 Å². The summed E-state index contributed by atoms with van der Waals surface area (Å²) in [5, 5.41) is 4.97. The van der Waals surface area contributed by atoms with Gasteiger partial charge < -0.3 is 15.0 Å². The molecule has 1 atom stereocenters. The van der Waals surface area contributed by atoms with E-state index in [-0.39, 0.29) is 12.5 Å². The predicted molar refractivity (Wildman–Crippen MR) is 100 cm³/mol. The third-order valence-electron chi connectivity index (χ3n) is 4.84. The monoisotopic (exact) mass is 405 g/mol. The molecule has 0 aliphatic carbocycles. The van der Waals surface area contributed by atoms with E-state index >= 15 is 0 Å². The summed E-state index contributed by atoms with van der Waals surface area (Å²) in [6.07, 6.45) is 0.634. The highest BCUT2D eigenvalue weighted by Gasteiger charge is 2.51. The highest BCUT2D eigenvalue weighted by molar-refractivity contribution is 7.16. The number of ether oxygens (including phenoxy) is 1. The molecular weight excluding hydrogens is 390 g/mol. The van der Waals surface area contributed by atoms with Gasteiger partial charge in [0.15, 0.2) is 5.54 Å². The topological polar surface area (TPSA) is 87.7 Å². The maximum Gasteiger partial charge on any atom is 0.322 e. The van der Waals surface area contributed by atoms with Crippen LogP contribution in [0.3, 0.4) is 0 Å². The minimum Gasteiger partial charge on any atom is -0.497 e. The number of urea groups is 1.